The molecule has 1 heterocycles. The zero-order chi connectivity index (χ0) is 14.3. The summed E-state index contributed by atoms with van der Waals surface area (Å²) in [5.41, 5.74) is 0. The number of hydrogen-bond acceptors (Lipinski definition) is 7. The van der Waals surface area contributed by atoms with E-state index in [0.29, 0.717) is 23.9 Å². The van der Waals surface area contributed by atoms with Crippen molar-refractivity contribution < 1.29 is 4.74 Å². The van der Waals surface area contributed by atoms with E-state index in [2.05, 4.69) is 38.8 Å². The van der Waals surface area contributed by atoms with Crippen LogP contribution in [0.1, 0.15) is 27.2 Å². The van der Waals surface area contributed by atoms with Crippen molar-refractivity contribution in [1.29, 1.82) is 0 Å². The molecule has 0 aromatic carbocycles. The monoisotopic (exact) mass is 285 g/mol. The Kier molecular flexibility index (Phi) is 6.69. The minimum atomic E-state index is 0.0353. The van der Waals surface area contributed by atoms with Crippen LogP contribution in [0.3, 0.4) is 0 Å². The van der Waals surface area contributed by atoms with Crippen molar-refractivity contribution in [2.24, 2.45) is 0 Å². The molecular weight excluding hydrogens is 262 g/mol. The quantitative estimate of drug-likeness (QED) is 0.759. The number of nitrogens with zero attached hydrogens (tertiary/aromatic N) is 3. The Morgan fingerprint density at radius 1 is 1.21 bits per heavy atom. The highest BCUT2D eigenvalue weighted by atomic mass is 32.2. The van der Waals surface area contributed by atoms with Gasteiger partial charge < -0.3 is 15.4 Å². The Bertz CT molecular complexity index is 388. The Hall–Kier alpha value is -1.24. The van der Waals surface area contributed by atoms with E-state index >= 15 is 0 Å². The summed E-state index contributed by atoms with van der Waals surface area (Å²) in [5, 5.41) is 6.23. The van der Waals surface area contributed by atoms with E-state index in [-0.39, 0.29) is 6.10 Å². The van der Waals surface area contributed by atoms with Gasteiger partial charge in [0.05, 0.1) is 6.10 Å². The normalized spacial score (nSPS) is 12.3. The minimum absolute atomic E-state index is 0.0353. The topological polar surface area (TPSA) is 72.0 Å². The van der Waals surface area contributed by atoms with Gasteiger partial charge in [-0.15, -0.1) is 0 Å². The molecule has 0 radical (unpaired) electrons. The van der Waals surface area contributed by atoms with Crippen LogP contribution in [0, 0.1) is 0 Å². The first-order valence-electron chi connectivity index (χ1n) is 6.45. The van der Waals surface area contributed by atoms with Crippen molar-refractivity contribution in [3.8, 4) is 6.01 Å². The van der Waals surface area contributed by atoms with Crippen LogP contribution >= 0.6 is 11.8 Å². The van der Waals surface area contributed by atoms with Crippen LogP contribution in [-0.2, 0) is 0 Å². The van der Waals surface area contributed by atoms with Gasteiger partial charge in [0.1, 0.15) is 0 Å². The van der Waals surface area contributed by atoms with Crippen molar-refractivity contribution in [3.05, 3.63) is 0 Å². The summed E-state index contributed by atoms with van der Waals surface area (Å²) < 4.78 is 5.53. The first kappa shape index (κ1) is 15.8. The molecule has 7 heteroatoms. The average molecular weight is 285 g/mol. The van der Waals surface area contributed by atoms with Gasteiger partial charge in [-0.2, -0.15) is 26.7 Å². The fourth-order valence-electron chi connectivity index (χ4n) is 1.44. The molecule has 1 unspecified atom stereocenters. The summed E-state index contributed by atoms with van der Waals surface area (Å²) in [6, 6.07) is 0.685. The smallest absolute Gasteiger partial charge is 0.323 e. The molecule has 0 fully saturated rings. The van der Waals surface area contributed by atoms with Gasteiger partial charge in [-0.3, -0.25) is 0 Å². The standard InChI is InChI=1S/C12H23N5OS/c1-6-9(7-19-5)14-11-15-10(13-4)16-12(17-11)18-8(2)3/h8-9H,6-7H2,1-5H3,(H2,13,14,15,16,17). The zero-order valence-corrected chi connectivity index (χ0v) is 13.0. The second-order valence-corrected chi connectivity index (χ2v) is 5.30. The molecule has 0 saturated heterocycles. The highest BCUT2D eigenvalue weighted by molar-refractivity contribution is 7.98. The summed E-state index contributed by atoms with van der Waals surface area (Å²) in [7, 11) is 1.78. The van der Waals surface area contributed by atoms with E-state index in [1.54, 1.807) is 18.8 Å². The summed E-state index contributed by atoms with van der Waals surface area (Å²) >= 11 is 1.80. The van der Waals surface area contributed by atoms with Gasteiger partial charge in [0.2, 0.25) is 11.9 Å². The number of nitrogens with one attached hydrogen (secondary N) is 2. The average Bonchev–Trinajstić information content (AvgIpc) is 2.37. The summed E-state index contributed by atoms with van der Waals surface area (Å²) in [6.07, 6.45) is 3.14. The largest absolute Gasteiger partial charge is 0.461 e. The van der Waals surface area contributed by atoms with E-state index in [1.807, 2.05) is 13.8 Å². The maximum atomic E-state index is 5.53. The highest BCUT2D eigenvalue weighted by Gasteiger charge is 2.11. The predicted octanol–water partition coefficient (Wildman–Crippen LogP) is 2.25. The molecule has 108 valence electrons. The Morgan fingerprint density at radius 3 is 2.42 bits per heavy atom. The Labute approximate surface area is 119 Å². The fraction of sp³-hybridized carbons (Fsp3) is 0.750. The molecule has 0 aliphatic heterocycles. The molecule has 0 aliphatic rings. The molecule has 0 bridgehead atoms. The van der Waals surface area contributed by atoms with Crippen LogP contribution in [0.4, 0.5) is 11.9 Å². The molecule has 0 spiro atoms. The molecule has 0 amide bonds. The van der Waals surface area contributed by atoms with Gasteiger partial charge in [0, 0.05) is 18.8 Å². The van der Waals surface area contributed by atoms with Gasteiger partial charge in [-0.25, -0.2) is 0 Å². The third-order valence-corrected chi connectivity index (χ3v) is 3.11. The molecule has 19 heavy (non-hydrogen) atoms. The molecule has 0 aliphatic carbocycles. The Morgan fingerprint density at radius 2 is 1.89 bits per heavy atom. The van der Waals surface area contributed by atoms with Crippen LogP contribution in [-0.4, -0.2) is 46.2 Å². The number of rotatable bonds is 8. The molecule has 1 atom stereocenters. The van der Waals surface area contributed by atoms with Gasteiger partial charge in [-0.05, 0) is 26.5 Å². The number of anilines is 2. The first-order valence-corrected chi connectivity index (χ1v) is 7.84. The second kappa shape index (κ2) is 8.04. The van der Waals surface area contributed by atoms with E-state index in [9.17, 15) is 0 Å². The lowest BCUT2D eigenvalue weighted by Crippen LogP contribution is -2.23. The van der Waals surface area contributed by atoms with Gasteiger partial charge in [0.25, 0.3) is 0 Å². The van der Waals surface area contributed by atoms with E-state index in [4.69, 9.17) is 4.74 Å². The molecule has 2 N–H and O–H groups in total. The molecule has 0 saturated carbocycles. The third-order valence-electron chi connectivity index (χ3n) is 2.37. The minimum Gasteiger partial charge on any atom is -0.461 e. The van der Waals surface area contributed by atoms with Crippen LogP contribution in [0.25, 0.3) is 0 Å². The second-order valence-electron chi connectivity index (χ2n) is 4.39. The number of ether oxygens (including phenoxy) is 1. The molecule has 1 rings (SSSR count). The molecular formula is C12H23N5OS. The maximum Gasteiger partial charge on any atom is 0.323 e. The van der Waals surface area contributed by atoms with E-state index < -0.39 is 0 Å². The van der Waals surface area contributed by atoms with Crippen molar-refractivity contribution in [1.82, 2.24) is 15.0 Å². The lowest BCUT2D eigenvalue weighted by Gasteiger charge is -2.16. The van der Waals surface area contributed by atoms with Crippen LogP contribution in [0.2, 0.25) is 0 Å². The van der Waals surface area contributed by atoms with Crippen molar-refractivity contribution >= 4 is 23.7 Å². The molecule has 1 aromatic rings. The molecule has 6 nitrogen and oxygen atoms in total. The first-order chi connectivity index (χ1) is 9.08. The summed E-state index contributed by atoms with van der Waals surface area (Å²) in [6.45, 7) is 6.02. The van der Waals surface area contributed by atoms with Crippen molar-refractivity contribution in [2.45, 2.75) is 39.3 Å². The third kappa shape index (κ3) is 5.50. The predicted molar refractivity (Wildman–Crippen MR) is 81.2 cm³/mol. The van der Waals surface area contributed by atoms with E-state index in [1.165, 1.54) is 0 Å². The van der Waals surface area contributed by atoms with Crippen molar-refractivity contribution in [3.63, 3.8) is 0 Å². The Balaban J connectivity index is 2.86. The van der Waals surface area contributed by atoms with Crippen LogP contribution in [0.5, 0.6) is 6.01 Å². The van der Waals surface area contributed by atoms with Crippen LogP contribution < -0.4 is 15.4 Å². The highest BCUT2D eigenvalue weighted by Crippen LogP contribution is 2.14. The van der Waals surface area contributed by atoms with Crippen molar-refractivity contribution in [2.75, 3.05) is 29.7 Å². The number of hydrogen-bond donors (Lipinski definition) is 2. The van der Waals surface area contributed by atoms with Gasteiger partial charge >= 0.3 is 6.01 Å². The lowest BCUT2D eigenvalue weighted by atomic mass is 10.3. The molecule has 1 aromatic heterocycles. The number of thioether (sulfide) groups is 1. The SMILES string of the molecule is CCC(CSC)Nc1nc(NC)nc(OC(C)C)n1. The van der Waals surface area contributed by atoms with Crippen LogP contribution in [0.15, 0.2) is 0 Å². The van der Waals surface area contributed by atoms with Gasteiger partial charge in [0.15, 0.2) is 0 Å². The lowest BCUT2D eigenvalue weighted by molar-refractivity contribution is 0.222. The fourth-order valence-corrected chi connectivity index (χ4v) is 2.16. The number of aromatic nitrogens is 3. The summed E-state index contributed by atoms with van der Waals surface area (Å²) in [4.78, 5) is 12.8. The zero-order valence-electron chi connectivity index (χ0n) is 12.2. The van der Waals surface area contributed by atoms with Gasteiger partial charge in [-0.1, -0.05) is 6.92 Å². The van der Waals surface area contributed by atoms with E-state index in [0.717, 1.165) is 12.2 Å². The maximum absolute atomic E-state index is 5.53. The summed E-state index contributed by atoms with van der Waals surface area (Å²) in [5.74, 6) is 2.07.